The highest BCUT2D eigenvalue weighted by Gasteiger charge is 2.12. The molecule has 0 spiro atoms. The number of benzene rings is 1. The number of hydrogen-bond acceptors (Lipinski definition) is 2. The van der Waals surface area contributed by atoms with E-state index in [4.69, 9.17) is 5.11 Å². The number of carboxylic acids is 1. The summed E-state index contributed by atoms with van der Waals surface area (Å²) < 4.78 is 0. The highest BCUT2D eigenvalue weighted by Crippen LogP contribution is 2.19. The van der Waals surface area contributed by atoms with Gasteiger partial charge in [0.15, 0.2) is 5.78 Å². The van der Waals surface area contributed by atoms with Crippen LogP contribution in [0.3, 0.4) is 0 Å². The van der Waals surface area contributed by atoms with Crippen molar-refractivity contribution in [2.24, 2.45) is 0 Å². The van der Waals surface area contributed by atoms with Crippen LogP contribution in [-0.4, -0.2) is 16.9 Å². The zero-order chi connectivity index (χ0) is 13.7. The van der Waals surface area contributed by atoms with Crippen LogP contribution in [-0.2, 0) is 4.79 Å². The first-order valence-corrected chi connectivity index (χ1v) is 6.24. The van der Waals surface area contributed by atoms with Crippen LogP contribution in [0, 0.1) is 20.8 Å². The fourth-order valence-corrected chi connectivity index (χ4v) is 2.31. The third kappa shape index (κ3) is 3.99. The molecule has 0 saturated carbocycles. The number of carbonyl (C=O) groups excluding carboxylic acids is 1. The summed E-state index contributed by atoms with van der Waals surface area (Å²) in [6.45, 7) is 5.91. The molecule has 1 rings (SSSR count). The van der Waals surface area contributed by atoms with E-state index in [2.05, 4.69) is 0 Å². The van der Waals surface area contributed by atoms with Gasteiger partial charge in [0.25, 0.3) is 0 Å². The van der Waals surface area contributed by atoms with Gasteiger partial charge in [0.2, 0.25) is 0 Å². The van der Waals surface area contributed by atoms with E-state index >= 15 is 0 Å². The maximum atomic E-state index is 12.1. The van der Waals surface area contributed by atoms with Gasteiger partial charge < -0.3 is 5.11 Å². The lowest BCUT2D eigenvalue weighted by atomic mass is 9.94. The zero-order valence-electron chi connectivity index (χ0n) is 11.2. The van der Waals surface area contributed by atoms with Crippen LogP contribution >= 0.6 is 0 Å². The molecule has 0 fully saturated rings. The summed E-state index contributed by atoms with van der Waals surface area (Å²) in [4.78, 5) is 22.5. The van der Waals surface area contributed by atoms with Crippen LogP contribution in [0.25, 0.3) is 0 Å². The zero-order valence-corrected chi connectivity index (χ0v) is 11.2. The first-order valence-electron chi connectivity index (χ1n) is 6.24. The van der Waals surface area contributed by atoms with E-state index in [-0.39, 0.29) is 12.2 Å². The van der Waals surface area contributed by atoms with Crippen LogP contribution in [0.1, 0.15) is 52.7 Å². The van der Waals surface area contributed by atoms with Gasteiger partial charge in [0.1, 0.15) is 0 Å². The third-order valence-corrected chi connectivity index (χ3v) is 3.00. The Balaban J connectivity index is 2.65. The molecule has 1 aromatic carbocycles. The first-order chi connectivity index (χ1) is 8.41. The summed E-state index contributed by atoms with van der Waals surface area (Å²) >= 11 is 0. The minimum atomic E-state index is -0.801. The number of carboxylic acid groups (broad SMARTS) is 1. The van der Waals surface area contributed by atoms with E-state index in [9.17, 15) is 9.59 Å². The SMILES string of the molecule is Cc1cc(C)c(C(=O)CCCCC(=O)O)c(C)c1. The average molecular weight is 248 g/mol. The van der Waals surface area contributed by atoms with Crippen LogP contribution in [0.15, 0.2) is 12.1 Å². The molecule has 0 aliphatic carbocycles. The molecule has 0 saturated heterocycles. The highest BCUT2D eigenvalue weighted by molar-refractivity contribution is 5.98. The lowest BCUT2D eigenvalue weighted by Crippen LogP contribution is -2.05. The van der Waals surface area contributed by atoms with Crippen molar-refractivity contribution >= 4 is 11.8 Å². The molecule has 0 aliphatic heterocycles. The second-order valence-corrected chi connectivity index (χ2v) is 4.80. The van der Waals surface area contributed by atoms with Crippen molar-refractivity contribution in [1.82, 2.24) is 0 Å². The predicted octanol–water partition coefficient (Wildman–Crippen LogP) is 3.44. The molecule has 0 bridgehead atoms. The molecule has 0 aromatic heterocycles. The lowest BCUT2D eigenvalue weighted by Gasteiger charge is -2.10. The van der Waals surface area contributed by atoms with Crippen molar-refractivity contribution in [1.29, 1.82) is 0 Å². The molecular formula is C15H20O3. The molecule has 3 nitrogen and oxygen atoms in total. The normalized spacial score (nSPS) is 10.4. The van der Waals surface area contributed by atoms with Gasteiger partial charge in [-0.2, -0.15) is 0 Å². The van der Waals surface area contributed by atoms with E-state index in [1.165, 1.54) is 0 Å². The number of aryl methyl sites for hydroxylation is 3. The average Bonchev–Trinajstić information content (AvgIpc) is 2.22. The Hall–Kier alpha value is -1.64. The summed E-state index contributed by atoms with van der Waals surface area (Å²) in [5.74, 6) is -0.680. The van der Waals surface area contributed by atoms with Gasteiger partial charge in [0, 0.05) is 18.4 Å². The number of ketones is 1. The van der Waals surface area contributed by atoms with Crippen molar-refractivity contribution in [3.05, 3.63) is 34.4 Å². The minimum Gasteiger partial charge on any atom is -0.481 e. The van der Waals surface area contributed by atoms with E-state index in [1.807, 2.05) is 32.9 Å². The highest BCUT2D eigenvalue weighted by atomic mass is 16.4. The molecule has 0 amide bonds. The standard InChI is InChI=1S/C15H20O3/c1-10-8-11(2)15(12(3)9-10)13(16)6-4-5-7-14(17)18/h8-9H,4-7H2,1-3H3,(H,17,18). The second kappa shape index (κ2) is 6.34. The van der Waals surface area contributed by atoms with Crippen molar-refractivity contribution in [3.8, 4) is 0 Å². The van der Waals surface area contributed by atoms with Crippen molar-refractivity contribution in [2.45, 2.75) is 46.5 Å². The Morgan fingerprint density at radius 3 is 2.00 bits per heavy atom. The van der Waals surface area contributed by atoms with E-state index in [0.29, 0.717) is 19.3 Å². The van der Waals surface area contributed by atoms with E-state index in [1.54, 1.807) is 0 Å². The first kappa shape index (κ1) is 14.4. The topological polar surface area (TPSA) is 54.4 Å². The summed E-state index contributed by atoms with van der Waals surface area (Å²) in [7, 11) is 0. The van der Waals surface area contributed by atoms with Crippen LogP contribution in [0.2, 0.25) is 0 Å². The van der Waals surface area contributed by atoms with Crippen molar-refractivity contribution in [3.63, 3.8) is 0 Å². The number of hydrogen-bond donors (Lipinski definition) is 1. The summed E-state index contributed by atoms with van der Waals surface area (Å²) in [5, 5.41) is 8.53. The molecule has 0 atom stereocenters. The van der Waals surface area contributed by atoms with Gasteiger partial charge in [-0.1, -0.05) is 17.7 Å². The molecule has 3 heteroatoms. The monoisotopic (exact) mass is 248 g/mol. The number of aliphatic carboxylic acids is 1. The van der Waals surface area contributed by atoms with Crippen LogP contribution in [0.5, 0.6) is 0 Å². The maximum Gasteiger partial charge on any atom is 0.303 e. The predicted molar refractivity (Wildman–Crippen MR) is 71.1 cm³/mol. The van der Waals surface area contributed by atoms with Gasteiger partial charge in [-0.05, 0) is 44.7 Å². The maximum absolute atomic E-state index is 12.1. The molecule has 98 valence electrons. The fraction of sp³-hybridized carbons (Fsp3) is 0.467. The summed E-state index contributed by atoms with van der Waals surface area (Å²) in [5.41, 5.74) is 3.98. The van der Waals surface area contributed by atoms with E-state index < -0.39 is 5.97 Å². The smallest absolute Gasteiger partial charge is 0.303 e. The van der Waals surface area contributed by atoms with Gasteiger partial charge in [-0.25, -0.2) is 0 Å². The third-order valence-electron chi connectivity index (χ3n) is 3.00. The number of Topliss-reactive ketones (excluding diaryl/α,β-unsaturated/α-hetero) is 1. The van der Waals surface area contributed by atoms with E-state index in [0.717, 1.165) is 22.3 Å². The Bertz CT molecular complexity index is 438. The molecule has 0 radical (unpaired) electrons. The number of rotatable bonds is 6. The van der Waals surface area contributed by atoms with Gasteiger partial charge >= 0.3 is 5.97 Å². The lowest BCUT2D eigenvalue weighted by molar-refractivity contribution is -0.137. The Labute approximate surface area is 108 Å². The second-order valence-electron chi connectivity index (χ2n) is 4.80. The Morgan fingerprint density at radius 2 is 1.50 bits per heavy atom. The quantitative estimate of drug-likeness (QED) is 0.619. The molecule has 1 N–H and O–H groups in total. The Morgan fingerprint density at radius 1 is 1.00 bits per heavy atom. The summed E-state index contributed by atoms with van der Waals surface area (Å²) in [6.07, 6.45) is 1.76. The minimum absolute atomic E-state index is 0.121. The fourth-order valence-electron chi connectivity index (χ4n) is 2.31. The van der Waals surface area contributed by atoms with Crippen molar-refractivity contribution < 1.29 is 14.7 Å². The molecule has 0 unspecified atom stereocenters. The molecule has 0 aliphatic rings. The number of unbranched alkanes of at least 4 members (excludes halogenated alkanes) is 1. The molecular weight excluding hydrogens is 228 g/mol. The largest absolute Gasteiger partial charge is 0.481 e. The number of carbonyl (C=O) groups is 2. The molecule has 1 aromatic rings. The van der Waals surface area contributed by atoms with Gasteiger partial charge in [0.05, 0.1) is 0 Å². The van der Waals surface area contributed by atoms with Crippen LogP contribution in [0.4, 0.5) is 0 Å². The summed E-state index contributed by atoms with van der Waals surface area (Å²) in [6, 6.07) is 4.02. The Kier molecular flexibility index (Phi) is 5.08. The van der Waals surface area contributed by atoms with Gasteiger partial charge in [-0.15, -0.1) is 0 Å². The van der Waals surface area contributed by atoms with Crippen LogP contribution < -0.4 is 0 Å². The molecule has 18 heavy (non-hydrogen) atoms. The van der Waals surface area contributed by atoms with Gasteiger partial charge in [-0.3, -0.25) is 9.59 Å². The molecule has 0 heterocycles. The van der Waals surface area contributed by atoms with Crippen molar-refractivity contribution in [2.75, 3.05) is 0 Å².